The fourth-order valence-electron chi connectivity index (χ4n) is 2.95. The van der Waals surface area contributed by atoms with Crippen molar-refractivity contribution in [1.29, 1.82) is 0 Å². The highest BCUT2D eigenvalue weighted by molar-refractivity contribution is 7.16. The quantitative estimate of drug-likeness (QED) is 0.596. The Morgan fingerprint density at radius 3 is 2.35 bits per heavy atom. The van der Waals surface area contributed by atoms with Gasteiger partial charge in [-0.05, 0) is 26.3 Å². The highest BCUT2D eigenvalue weighted by atomic mass is 32.1. The summed E-state index contributed by atoms with van der Waals surface area (Å²) in [5, 5.41) is 3.52. The Morgan fingerprint density at radius 1 is 1.17 bits per heavy atom. The molecule has 1 fully saturated rings. The molecule has 1 saturated heterocycles. The summed E-state index contributed by atoms with van der Waals surface area (Å²) < 4.78 is 4.84. The SMILES string of the molecule is CC[NH+]1CC[NH+](CC(=O)Nc2sc(C)c(C)c2C(=O)OC)CC1. The molecule has 0 spiro atoms. The summed E-state index contributed by atoms with van der Waals surface area (Å²) in [6.07, 6.45) is 0. The highest BCUT2D eigenvalue weighted by Crippen LogP contribution is 2.32. The molecule has 1 aromatic heterocycles. The predicted octanol–water partition coefficient (Wildman–Crippen LogP) is -1.11. The summed E-state index contributed by atoms with van der Waals surface area (Å²) in [6, 6.07) is 0. The van der Waals surface area contributed by atoms with Gasteiger partial charge in [-0.25, -0.2) is 4.79 Å². The van der Waals surface area contributed by atoms with E-state index in [1.165, 1.54) is 23.3 Å². The zero-order valence-corrected chi connectivity index (χ0v) is 15.2. The maximum Gasteiger partial charge on any atom is 0.341 e. The average molecular weight is 341 g/mol. The number of methoxy groups -OCH3 is 1. The van der Waals surface area contributed by atoms with Gasteiger partial charge in [-0.2, -0.15) is 0 Å². The van der Waals surface area contributed by atoms with Crippen LogP contribution in [-0.4, -0.2) is 58.3 Å². The third-order valence-corrected chi connectivity index (χ3v) is 5.73. The van der Waals surface area contributed by atoms with Crippen LogP contribution in [0.4, 0.5) is 5.00 Å². The molecule has 0 unspecified atom stereocenters. The van der Waals surface area contributed by atoms with Crippen LogP contribution in [-0.2, 0) is 9.53 Å². The van der Waals surface area contributed by atoms with Crippen LogP contribution < -0.4 is 15.1 Å². The molecular weight excluding hydrogens is 314 g/mol. The number of quaternary nitrogens is 2. The van der Waals surface area contributed by atoms with Crippen LogP contribution in [0.25, 0.3) is 0 Å². The van der Waals surface area contributed by atoms with Crippen LogP contribution >= 0.6 is 11.3 Å². The number of aryl methyl sites for hydroxylation is 1. The lowest BCUT2D eigenvalue weighted by molar-refractivity contribution is -1.01. The molecule has 1 aromatic rings. The molecular formula is C16H27N3O3S+2. The Labute approximate surface area is 141 Å². The predicted molar refractivity (Wildman–Crippen MR) is 90.6 cm³/mol. The van der Waals surface area contributed by atoms with Gasteiger partial charge in [0.05, 0.1) is 19.2 Å². The van der Waals surface area contributed by atoms with Crippen molar-refractivity contribution < 1.29 is 24.1 Å². The number of ether oxygens (including phenoxy) is 1. The van der Waals surface area contributed by atoms with Crippen LogP contribution in [0.2, 0.25) is 0 Å². The summed E-state index contributed by atoms with van der Waals surface area (Å²) in [4.78, 5) is 28.2. The van der Waals surface area contributed by atoms with E-state index in [0.717, 1.165) is 43.2 Å². The summed E-state index contributed by atoms with van der Waals surface area (Å²) >= 11 is 1.43. The lowest BCUT2D eigenvalue weighted by Crippen LogP contribution is -3.28. The normalized spacial score (nSPS) is 21.0. The molecule has 0 atom stereocenters. The number of hydrogen-bond acceptors (Lipinski definition) is 4. The van der Waals surface area contributed by atoms with E-state index in [-0.39, 0.29) is 5.91 Å². The maximum absolute atomic E-state index is 12.3. The Bertz CT molecular complexity index is 577. The van der Waals surface area contributed by atoms with Crippen molar-refractivity contribution in [3.63, 3.8) is 0 Å². The smallest absolute Gasteiger partial charge is 0.341 e. The van der Waals surface area contributed by atoms with Crippen molar-refractivity contribution in [1.82, 2.24) is 0 Å². The molecule has 1 amide bonds. The van der Waals surface area contributed by atoms with E-state index in [1.54, 1.807) is 4.90 Å². The van der Waals surface area contributed by atoms with E-state index in [0.29, 0.717) is 17.1 Å². The zero-order valence-electron chi connectivity index (χ0n) is 14.4. The first kappa shape index (κ1) is 17.9. The minimum Gasteiger partial charge on any atom is -0.465 e. The Balaban J connectivity index is 1.98. The molecule has 0 radical (unpaired) electrons. The van der Waals surface area contributed by atoms with Gasteiger partial charge in [0.15, 0.2) is 6.54 Å². The average Bonchev–Trinajstić information content (AvgIpc) is 2.81. The molecule has 1 aliphatic heterocycles. The van der Waals surface area contributed by atoms with Crippen molar-refractivity contribution in [2.24, 2.45) is 0 Å². The molecule has 1 aliphatic rings. The van der Waals surface area contributed by atoms with Crippen molar-refractivity contribution in [2.45, 2.75) is 20.8 Å². The Morgan fingerprint density at radius 2 is 1.78 bits per heavy atom. The van der Waals surface area contributed by atoms with Gasteiger partial charge in [0.2, 0.25) is 0 Å². The van der Waals surface area contributed by atoms with Crippen LogP contribution in [0.1, 0.15) is 27.7 Å². The summed E-state index contributed by atoms with van der Waals surface area (Å²) in [5.74, 6) is -0.430. The second-order valence-electron chi connectivity index (χ2n) is 6.06. The number of likely N-dealkylation sites (N-methyl/N-ethyl adjacent to an activating group) is 1. The van der Waals surface area contributed by atoms with E-state index in [2.05, 4.69) is 12.2 Å². The monoisotopic (exact) mass is 341 g/mol. The number of carbonyl (C=O) groups excluding carboxylic acids is 2. The Hall–Kier alpha value is -1.44. The van der Waals surface area contributed by atoms with Gasteiger partial charge in [-0.1, -0.05) is 0 Å². The van der Waals surface area contributed by atoms with Crippen LogP contribution in [0.5, 0.6) is 0 Å². The first-order valence-electron chi connectivity index (χ1n) is 8.11. The van der Waals surface area contributed by atoms with E-state index in [4.69, 9.17) is 4.74 Å². The minimum absolute atomic E-state index is 0.0358. The molecule has 0 aromatic carbocycles. The van der Waals surface area contributed by atoms with Gasteiger partial charge < -0.3 is 19.9 Å². The van der Waals surface area contributed by atoms with Gasteiger partial charge >= 0.3 is 5.97 Å². The third-order valence-electron chi connectivity index (χ3n) is 4.60. The summed E-state index contributed by atoms with van der Waals surface area (Å²) in [6.45, 7) is 11.9. The topological polar surface area (TPSA) is 64.3 Å². The number of anilines is 1. The molecule has 23 heavy (non-hydrogen) atoms. The van der Waals surface area contributed by atoms with E-state index in [1.807, 2.05) is 13.8 Å². The van der Waals surface area contributed by atoms with Gasteiger partial charge in [0.1, 0.15) is 31.2 Å². The first-order chi connectivity index (χ1) is 11.0. The number of esters is 1. The second-order valence-corrected chi connectivity index (χ2v) is 7.28. The molecule has 2 heterocycles. The molecule has 128 valence electrons. The van der Waals surface area contributed by atoms with Crippen LogP contribution in [0.3, 0.4) is 0 Å². The van der Waals surface area contributed by atoms with E-state index in [9.17, 15) is 9.59 Å². The third kappa shape index (κ3) is 4.31. The van der Waals surface area contributed by atoms with E-state index >= 15 is 0 Å². The van der Waals surface area contributed by atoms with Gasteiger partial charge in [-0.15, -0.1) is 11.3 Å². The molecule has 6 nitrogen and oxygen atoms in total. The first-order valence-corrected chi connectivity index (χ1v) is 8.93. The molecule has 0 aliphatic carbocycles. The van der Waals surface area contributed by atoms with Crippen molar-refractivity contribution in [2.75, 3.05) is 51.7 Å². The fraction of sp³-hybridized carbons (Fsp3) is 0.625. The van der Waals surface area contributed by atoms with Gasteiger partial charge in [-0.3, -0.25) is 4.79 Å². The number of carbonyl (C=O) groups is 2. The largest absolute Gasteiger partial charge is 0.465 e. The second kappa shape index (κ2) is 7.90. The minimum atomic E-state index is -0.394. The molecule has 0 bridgehead atoms. The molecule has 2 rings (SSSR count). The lowest BCUT2D eigenvalue weighted by atomic mass is 10.1. The van der Waals surface area contributed by atoms with Crippen LogP contribution in [0, 0.1) is 13.8 Å². The fourth-order valence-corrected chi connectivity index (χ4v) is 4.01. The van der Waals surface area contributed by atoms with Gasteiger partial charge in [0.25, 0.3) is 5.91 Å². The molecule has 3 N–H and O–H groups in total. The number of thiophene rings is 1. The summed E-state index contributed by atoms with van der Waals surface area (Å²) in [5.41, 5.74) is 1.36. The standard InChI is InChI=1S/C16H25N3O3S/c1-5-18-6-8-19(9-7-18)10-13(20)17-15-14(16(21)22-4)11(2)12(3)23-15/h5-10H2,1-4H3,(H,17,20)/p+2. The maximum atomic E-state index is 12.3. The summed E-state index contributed by atoms with van der Waals surface area (Å²) in [7, 11) is 1.36. The lowest BCUT2D eigenvalue weighted by Gasteiger charge is -2.28. The van der Waals surface area contributed by atoms with Crippen molar-refractivity contribution >= 4 is 28.2 Å². The van der Waals surface area contributed by atoms with E-state index < -0.39 is 5.97 Å². The van der Waals surface area contributed by atoms with Crippen molar-refractivity contribution in [3.05, 3.63) is 16.0 Å². The zero-order chi connectivity index (χ0) is 17.0. The number of amides is 1. The number of piperazine rings is 1. The molecule has 0 saturated carbocycles. The Kier molecular flexibility index (Phi) is 6.15. The number of rotatable bonds is 5. The number of nitrogens with one attached hydrogen (secondary N) is 3. The highest BCUT2D eigenvalue weighted by Gasteiger charge is 2.26. The van der Waals surface area contributed by atoms with Crippen LogP contribution in [0.15, 0.2) is 0 Å². The van der Waals surface area contributed by atoms with Gasteiger partial charge in [0, 0.05) is 4.88 Å². The number of hydrogen-bond donors (Lipinski definition) is 3. The molecule has 7 heteroatoms. The van der Waals surface area contributed by atoms with Crippen molar-refractivity contribution in [3.8, 4) is 0 Å².